The minimum absolute atomic E-state index is 0.154. The normalized spacial score (nSPS) is 11.0. The van der Waals surface area contributed by atoms with Crippen molar-refractivity contribution in [2.75, 3.05) is 13.1 Å². The molecule has 30 heavy (non-hydrogen) atoms. The minimum atomic E-state index is -0.840. The van der Waals surface area contributed by atoms with Crippen LogP contribution in [0, 0.1) is 11.6 Å². The van der Waals surface area contributed by atoms with Crippen molar-refractivity contribution in [1.29, 1.82) is 0 Å². The Morgan fingerprint density at radius 2 is 1.80 bits per heavy atom. The second kappa shape index (κ2) is 8.73. The van der Waals surface area contributed by atoms with Gasteiger partial charge in [0.05, 0.1) is 0 Å². The molecule has 0 fully saturated rings. The van der Waals surface area contributed by atoms with Gasteiger partial charge in [0.25, 0.3) is 5.91 Å². The molecule has 0 saturated carbocycles. The van der Waals surface area contributed by atoms with Crippen LogP contribution in [-0.4, -0.2) is 19.0 Å². The molecule has 0 bridgehead atoms. The van der Waals surface area contributed by atoms with E-state index in [0.717, 1.165) is 37.7 Å². The van der Waals surface area contributed by atoms with Crippen LogP contribution in [-0.2, 0) is 6.42 Å². The summed E-state index contributed by atoms with van der Waals surface area (Å²) in [7, 11) is 0. The first-order chi connectivity index (χ1) is 14.5. The summed E-state index contributed by atoms with van der Waals surface area (Å²) in [6.07, 6.45) is 0.525. The van der Waals surface area contributed by atoms with Gasteiger partial charge < -0.3 is 11.1 Å². The number of amides is 1. The number of hydrogen-bond donors (Lipinski definition) is 2. The van der Waals surface area contributed by atoms with E-state index in [-0.39, 0.29) is 5.91 Å². The Hall–Kier alpha value is -3.09. The molecule has 6 heteroatoms. The highest BCUT2D eigenvalue weighted by Gasteiger charge is 2.12. The summed E-state index contributed by atoms with van der Waals surface area (Å²) in [5.74, 6) is -1.83. The van der Waals surface area contributed by atoms with Gasteiger partial charge in [0.15, 0.2) is 11.6 Å². The Morgan fingerprint density at radius 1 is 0.967 bits per heavy atom. The van der Waals surface area contributed by atoms with Crippen LogP contribution in [0.25, 0.3) is 21.2 Å². The molecule has 0 unspecified atom stereocenters. The zero-order valence-electron chi connectivity index (χ0n) is 16.1. The average molecular weight is 423 g/mol. The van der Waals surface area contributed by atoms with Gasteiger partial charge in [0.1, 0.15) is 0 Å². The number of halogens is 2. The monoisotopic (exact) mass is 422 g/mol. The van der Waals surface area contributed by atoms with Gasteiger partial charge in [-0.3, -0.25) is 4.79 Å². The van der Waals surface area contributed by atoms with Crippen molar-refractivity contribution < 1.29 is 13.6 Å². The predicted molar refractivity (Wildman–Crippen MR) is 118 cm³/mol. The van der Waals surface area contributed by atoms with Gasteiger partial charge in [-0.1, -0.05) is 30.3 Å². The maximum Gasteiger partial charge on any atom is 0.251 e. The van der Waals surface area contributed by atoms with E-state index in [4.69, 9.17) is 5.73 Å². The molecule has 3 aromatic carbocycles. The number of hydrogen-bond acceptors (Lipinski definition) is 3. The zero-order chi connectivity index (χ0) is 21.1. The van der Waals surface area contributed by atoms with Gasteiger partial charge in [-0.25, -0.2) is 8.78 Å². The molecule has 0 radical (unpaired) electrons. The molecule has 152 valence electrons. The van der Waals surface area contributed by atoms with Crippen molar-refractivity contribution in [3.63, 3.8) is 0 Å². The first-order valence-corrected chi connectivity index (χ1v) is 10.4. The topological polar surface area (TPSA) is 55.1 Å². The number of nitrogens with one attached hydrogen (secondary N) is 1. The molecule has 0 spiro atoms. The molecular formula is C24H20F2N2OS. The summed E-state index contributed by atoms with van der Waals surface area (Å²) in [5.41, 5.74) is 8.72. The fraction of sp³-hybridized carbons (Fsp3) is 0.125. The van der Waals surface area contributed by atoms with E-state index in [1.807, 2.05) is 36.4 Å². The lowest BCUT2D eigenvalue weighted by atomic mass is 9.99. The molecule has 0 aliphatic heterocycles. The van der Waals surface area contributed by atoms with E-state index < -0.39 is 11.6 Å². The molecule has 1 heterocycles. The maximum atomic E-state index is 13.5. The zero-order valence-corrected chi connectivity index (χ0v) is 16.9. The Bertz CT molecular complexity index is 1220. The maximum absolute atomic E-state index is 13.5. The van der Waals surface area contributed by atoms with Crippen molar-refractivity contribution in [1.82, 2.24) is 5.32 Å². The molecule has 0 aliphatic rings. The number of nitrogens with two attached hydrogens (primary N) is 1. The minimum Gasteiger partial charge on any atom is -0.351 e. The van der Waals surface area contributed by atoms with Gasteiger partial charge in [-0.2, -0.15) is 0 Å². The van der Waals surface area contributed by atoms with Crippen LogP contribution in [0.15, 0.2) is 66.7 Å². The highest BCUT2D eigenvalue weighted by molar-refractivity contribution is 7.19. The number of thiophene rings is 1. The van der Waals surface area contributed by atoms with Crippen LogP contribution >= 0.6 is 11.3 Å². The molecule has 4 rings (SSSR count). The lowest BCUT2D eigenvalue weighted by Gasteiger charge is -2.07. The van der Waals surface area contributed by atoms with Crippen molar-refractivity contribution >= 4 is 27.3 Å². The molecule has 0 aliphatic carbocycles. The van der Waals surface area contributed by atoms with E-state index in [1.54, 1.807) is 23.5 Å². The summed E-state index contributed by atoms with van der Waals surface area (Å²) in [5, 5.41) is 3.85. The molecule has 1 amide bonds. The highest BCUT2D eigenvalue weighted by atomic mass is 32.1. The first kappa shape index (κ1) is 20.2. The van der Waals surface area contributed by atoms with Crippen LogP contribution in [0.5, 0.6) is 0 Å². The smallest absolute Gasteiger partial charge is 0.251 e. The number of benzene rings is 3. The third kappa shape index (κ3) is 4.25. The number of carbonyl (C=O) groups excluding carboxylic acids is 1. The average Bonchev–Trinajstić information content (AvgIpc) is 3.17. The second-order valence-electron chi connectivity index (χ2n) is 6.98. The lowest BCUT2D eigenvalue weighted by Crippen LogP contribution is -2.28. The fourth-order valence-electron chi connectivity index (χ4n) is 3.42. The van der Waals surface area contributed by atoms with Crippen LogP contribution in [0.1, 0.15) is 20.8 Å². The standard InChI is InChI=1S/C24H20F2N2OS/c25-21-8-7-15(12-22(21)26)11-18-14-20-19(5-2-6-23(20)30-18)16-3-1-4-17(13-16)24(29)28-10-9-27/h1-8,12-14H,9-11,27H2,(H,28,29). The third-order valence-electron chi connectivity index (χ3n) is 4.84. The molecule has 0 saturated heterocycles. The Labute approximate surface area is 177 Å². The van der Waals surface area contributed by atoms with E-state index >= 15 is 0 Å². The SMILES string of the molecule is NCCNC(=O)c1cccc(-c2cccc3sc(Cc4ccc(F)c(F)c4)cc23)c1. The van der Waals surface area contributed by atoms with Gasteiger partial charge in [0.2, 0.25) is 0 Å². The summed E-state index contributed by atoms with van der Waals surface area (Å²) in [4.78, 5) is 13.3. The highest BCUT2D eigenvalue weighted by Crippen LogP contribution is 2.35. The quantitative estimate of drug-likeness (QED) is 0.453. The van der Waals surface area contributed by atoms with Crippen molar-refractivity contribution in [3.05, 3.63) is 94.4 Å². The van der Waals surface area contributed by atoms with Gasteiger partial charge >= 0.3 is 0 Å². The molecule has 0 atom stereocenters. The summed E-state index contributed by atoms with van der Waals surface area (Å²) in [6, 6.07) is 19.6. The van der Waals surface area contributed by atoms with Gasteiger partial charge in [-0.15, -0.1) is 11.3 Å². The Morgan fingerprint density at radius 3 is 2.60 bits per heavy atom. The van der Waals surface area contributed by atoms with E-state index in [2.05, 4.69) is 11.4 Å². The van der Waals surface area contributed by atoms with Crippen LogP contribution in [0.2, 0.25) is 0 Å². The van der Waals surface area contributed by atoms with Crippen LogP contribution < -0.4 is 11.1 Å². The largest absolute Gasteiger partial charge is 0.351 e. The molecule has 3 N–H and O–H groups in total. The van der Waals surface area contributed by atoms with Gasteiger partial charge in [-0.05, 0) is 53.1 Å². The van der Waals surface area contributed by atoms with E-state index in [0.29, 0.717) is 25.1 Å². The van der Waals surface area contributed by atoms with E-state index in [1.165, 1.54) is 6.07 Å². The summed E-state index contributed by atoms with van der Waals surface area (Å²) in [6.45, 7) is 0.816. The summed E-state index contributed by atoms with van der Waals surface area (Å²) >= 11 is 1.62. The molecule has 4 aromatic rings. The van der Waals surface area contributed by atoms with Crippen LogP contribution in [0.3, 0.4) is 0 Å². The molecule has 1 aromatic heterocycles. The second-order valence-corrected chi connectivity index (χ2v) is 8.15. The Kier molecular flexibility index (Phi) is 5.88. The molecule has 3 nitrogen and oxygen atoms in total. The molecular weight excluding hydrogens is 402 g/mol. The van der Waals surface area contributed by atoms with Gasteiger partial charge in [0, 0.05) is 40.0 Å². The summed E-state index contributed by atoms with van der Waals surface area (Å²) < 4.78 is 27.8. The Balaban J connectivity index is 1.67. The lowest BCUT2D eigenvalue weighted by molar-refractivity contribution is 0.0955. The number of carbonyl (C=O) groups is 1. The third-order valence-corrected chi connectivity index (χ3v) is 5.94. The predicted octanol–water partition coefficient (Wildman–Crippen LogP) is 5.13. The number of rotatable bonds is 6. The fourth-order valence-corrected chi connectivity index (χ4v) is 4.54. The van der Waals surface area contributed by atoms with Crippen molar-refractivity contribution in [2.24, 2.45) is 5.73 Å². The van der Waals surface area contributed by atoms with Crippen molar-refractivity contribution in [3.8, 4) is 11.1 Å². The van der Waals surface area contributed by atoms with E-state index in [9.17, 15) is 13.6 Å². The van der Waals surface area contributed by atoms with Crippen LogP contribution in [0.4, 0.5) is 8.78 Å². The number of fused-ring (bicyclic) bond motifs is 1. The first-order valence-electron chi connectivity index (χ1n) is 9.59. The van der Waals surface area contributed by atoms with Crippen molar-refractivity contribution in [2.45, 2.75) is 6.42 Å².